The first-order valence-electron chi connectivity index (χ1n) is 9.44. The number of aliphatic hydroxyl groups excluding tert-OH is 1. The van der Waals surface area contributed by atoms with Gasteiger partial charge in [-0.05, 0) is 54.8 Å². The highest BCUT2D eigenvalue weighted by atomic mass is 32.2. The van der Waals surface area contributed by atoms with Crippen molar-refractivity contribution >= 4 is 15.9 Å². The molecule has 30 heavy (non-hydrogen) atoms. The van der Waals surface area contributed by atoms with Crippen molar-refractivity contribution in [1.82, 2.24) is 9.79 Å². The summed E-state index contributed by atoms with van der Waals surface area (Å²) in [6.45, 7) is 0.377. The molecule has 0 aromatic heterocycles. The quantitative estimate of drug-likeness (QED) is 0.445. The van der Waals surface area contributed by atoms with Gasteiger partial charge in [0.15, 0.2) is 0 Å². The Hall–Kier alpha value is -2.53. The number of hydrogen-bond acceptors (Lipinski definition) is 6. The number of rotatable bonds is 7. The topological polar surface area (TPSA) is 116 Å². The third-order valence-electron chi connectivity index (χ3n) is 4.93. The van der Waals surface area contributed by atoms with Crippen molar-refractivity contribution in [3.63, 3.8) is 0 Å². The molecule has 1 amide bonds. The predicted molar refractivity (Wildman–Crippen MR) is 105 cm³/mol. The summed E-state index contributed by atoms with van der Waals surface area (Å²) in [5.41, 5.74) is 2.33. The van der Waals surface area contributed by atoms with Gasteiger partial charge in [-0.15, -0.1) is 0 Å². The molecule has 3 rings (SSSR count). The first-order chi connectivity index (χ1) is 14.3. The van der Waals surface area contributed by atoms with Crippen LogP contribution in [-0.4, -0.2) is 54.2 Å². The molecule has 162 valence electrons. The number of piperidine rings is 1. The lowest BCUT2D eigenvalue weighted by Crippen LogP contribution is -2.57. The van der Waals surface area contributed by atoms with Crippen LogP contribution in [0.5, 0.6) is 5.75 Å². The molecule has 10 heteroatoms. The highest BCUT2D eigenvalue weighted by molar-refractivity contribution is 7.89. The fraction of sp³-hybridized carbons (Fsp3) is 0.350. The van der Waals surface area contributed by atoms with Crippen LogP contribution in [0.3, 0.4) is 0 Å². The van der Waals surface area contributed by atoms with Gasteiger partial charge in [0.05, 0.1) is 17.6 Å². The van der Waals surface area contributed by atoms with Crippen LogP contribution in [-0.2, 0) is 21.2 Å². The van der Waals surface area contributed by atoms with Crippen LogP contribution in [0.25, 0.3) is 0 Å². The highest BCUT2D eigenvalue weighted by Crippen LogP contribution is 2.27. The summed E-state index contributed by atoms with van der Waals surface area (Å²) in [7, 11) is -4.07. The smallest absolute Gasteiger partial charge is 0.264 e. The largest absolute Gasteiger partial charge is 0.493 e. The van der Waals surface area contributed by atoms with Crippen LogP contribution in [0.15, 0.2) is 53.4 Å². The molecule has 1 aliphatic rings. The van der Waals surface area contributed by atoms with Crippen LogP contribution in [0.1, 0.15) is 18.4 Å². The zero-order valence-corrected chi connectivity index (χ0v) is 16.9. The third-order valence-corrected chi connectivity index (χ3v) is 6.83. The molecule has 0 aliphatic carbocycles. The Morgan fingerprint density at radius 2 is 1.83 bits per heavy atom. The molecular weight excluding hydrogens is 415 g/mol. The molecule has 1 fully saturated rings. The number of ether oxygens (including phenoxy) is 1. The minimum absolute atomic E-state index is 0.0490. The Balaban J connectivity index is 1.67. The molecule has 0 spiro atoms. The van der Waals surface area contributed by atoms with Crippen LogP contribution in [0.4, 0.5) is 4.39 Å². The third kappa shape index (κ3) is 4.96. The Bertz CT molecular complexity index is 966. The molecule has 2 atom stereocenters. The number of carbonyl (C=O) groups excluding carboxylic acids is 1. The lowest BCUT2D eigenvalue weighted by Gasteiger charge is -2.36. The standard InChI is InChI=1S/C20H23FN2O6S/c21-15-5-3-14(4-6-15)11-13-29-16-7-9-17(10-8-16)30(27,28)23-12-1-2-18(24)19(23)20(25)22-26/h3-10,18-19,24,26H,1-2,11-13H2,(H,22,25). The SMILES string of the molecule is O=C(NO)C1C(O)CCCN1S(=O)(=O)c1ccc(OCCc2ccc(F)cc2)cc1. The number of sulfonamides is 1. The number of hydroxylamine groups is 1. The van der Waals surface area contributed by atoms with Crippen LogP contribution in [0.2, 0.25) is 0 Å². The van der Waals surface area contributed by atoms with Gasteiger partial charge in [0, 0.05) is 13.0 Å². The molecule has 3 N–H and O–H groups in total. The molecule has 0 saturated carbocycles. The van der Waals surface area contributed by atoms with Crippen LogP contribution in [0, 0.1) is 5.82 Å². The van der Waals surface area contributed by atoms with E-state index in [2.05, 4.69) is 0 Å². The number of aliphatic hydroxyl groups is 1. The number of nitrogens with one attached hydrogen (secondary N) is 1. The summed E-state index contributed by atoms with van der Waals surface area (Å²) in [5.74, 6) is -0.831. The van der Waals surface area contributed by atoms with E-state index in [0.717, 1.165) is 9.87 Å². The Morgan fingerprint density at radius 1 is 1.17 bits per heavy atom. The van der Waals surface area contributed by atoms with E-state index in [1.807, 2.05) is 0 Å². The maximum atomic E-state index is 13.0. The molecule has 2 aromatic rings. The first kappa shape index (κ1) is 22.2. The molecular formula is C20H23FN2O6S. The second kappa shape index (κ2) is 9.52. The zero-order chi connectivity index (χ0) is 21.7. The summed E-state index contributed by atoms with van der Waals surface area (Å²) < 4.78 is 45.4. The Labute approximate surface area is 173 Å². The second-order valence-electron chi connectivity index (χ2n) is 6.94. The first-order valence-corrected chi connectivity index (χ1v) is 10.9. The van der Waals surface area contributed by atoms with E-state index in [9.17, 15) is 22.7 Å². The van der Waals surface area contributed by atoms with E-state index in [4.69, 9.17) is 9.94 Å². The van der Waals surface area contributed by atoms with Gasteiger partial charge >= 0.3 is 0 Å². The molecule has 1 saturated heterocycles. The normalized spacial score (nSPS) is 20.0. The van der Waals surface area contributed by atoms with Crippen molar-refractivity contribution in [3.05, 3.63) is 59.9 Å². The summed E-state index contributed by atoms with van der Waals surface area (Å²) in [6, 6.07) is 10.4. The van der Waals surface area contributed by atoms with Crippen molar-refractivity contribution < 1.29 is 32.7 Å². The lowest BCUT2D eigenvalue weighted by molar-refractivity contribution is -0.138. The molecule has 1 heterocycles. The molecule has 0 radical (unpaired) electrons. The number of nitrogens with zero attached hydrogens (tertiary/aromatic N) is 1. The minimum Gasteiger partial charge on any atom is -0.493 e. The average molecular weight is 438 g/mol. The summed E-state index contributed by atoms with van der Waals surface area (Å²) >= 11 is 0. The number of amides is 1. The monoisotopic (exact) mass is 438 g/mol. The van der Waals surface area contributed by atoms with Crippen molar-refractivity contribution in [3.8, 4) is 5.75 Å². The van der Waals surface area contributed by atoms with Crippen LogP contribution >= 0.6 is 0 Å². The van der Waals surface area contributed by atoms with Gasteiger partial charge in [-0.3, -0.25) is 10.0 Å². The van der Waals surface area contributed by atoms with E-state index in [0.29, 0.717) is 25.2 Å². The van der Waals surface area contributed by atoms with Gasteiger partial charge in [0.1, 0.15) is 17.6 Å². The number of halogens is 1. The fourth-order valence-corrected chi connectivity index (χ4v) is 5.02. The van der Waals surface area contributed by atoms with E-state index in [1.165, 1.54) is 41.9 Å². The fourth-order valence-electron chi connectivity index (χ4n) is 3.37. The Kier molecular flexibility index (Phi) is 7.03. The average Bonchev–Trinajstić information content (AvgIpc) is 2.75. The summed E-state index contributed by atoms with van der Waals surface area (Å²) in [4.78, 5) is 11.8. The lowest BCUT2D eigenvalue weighted by atomic mass is 10.0. The van der Waals surface area contributed by atoms with Crippen LogP contribution < -0.4 is 10.2 Å². The number of hydrogen-bond donors (Lipinski definition) is 3. The van der Waals surface area contributed by atoms with Crippen molar-refractivity contribution in [1.29, 1.82) is 0 Å². The molecule has 2 unspecified atom stereocenters. The van der Waals surface area contributed by atoms with Crippen molar-refractivity contribution in [2.24, 2.45) is 0 Å². The second-order valence-corrected chi connectivity index (χ2v) is 8.83. The molecule has 0 bridgehead atoms. The van der Waals surface area contributed by atoms with Gasteiger partial charge in [-0.25, -0.2) is 18.3 Å². The van der Waals surface area contributed by atoms with Gasteiger partial charge in [-0.2, -0.15) is 4.31 Å². The van der Waals surface area contributed by atoms with Gasteiger partial charge in [-0.1, -0.05) is 12.1 Å². The maximum absolute atomic E-state index is 13.0. The Morgan fingerprint density at radius 3 is 2.47 bits per heavy atom. The van der Waals surface area contributed by atoms with Crippen molar-refractivity contribution in [2.75, 3.05) is 13.2 Å². The molecule has 1 aliphatic heterocycles. The molecule has 8 nitrogen and oxygen atoms in total. The highest BCUT2D eigenvalue weighted by Gasteiger charge is 2.42. The number of carbonyl (C=O) groups is 1. The summed E-state index contributed by atoms with van der Waals surface area (Å²) in [6.07, 6.45) is -0.00976. The van der Waals surface area contributed by atoms with Gasteiger partial charge < -0.3 is 9.84 Å². The van der Waals surface area contributed by atoms with Crippen molar-refractivity contribution in [2.45, 2.75) is 36.3 Å². The molecule has 2 aromatic carbocycles. The zero-order valence-electron chi connectivity index (χ0n) is 16.1. The minimum atomic E-state index is -4.07. The van der Waals surface area contributed by atoms with E-state index in [1.54, 1.807) is 12.1 Å². The van der Waals surface area contributed by atoms with E-state index < -0.39 is 28.1 Å². The predicted octanol–water partition coefficient (Wildman–Crippen LogP) is 1.47. The van der Waals surface area contributed by atoms with E-state index >= 15 is 0 Å². The maximum Gasteiger partial charge on any atom is 0.264 e. The number of benzene rings is 2. The van der Waals surface area contributed by atoms with Gasteiger partial charge in [0.25, 0.3) is 5.91 Å². The summed E-state index contributed by atoms with van der Waals surface area (Å²) in [5, 5.41) is 19.0. The van der Waals surface area contributed by atoms with Gasteiger partial charge in [0.2, 0.25) is 10.0 Å². The van der Waals surface area contributed by atoms with E-state index in [-0.39, 0.29) is 23.7 Å².